The fraction of sp³-hybridized carbons (Fsp3) is 0.286. The maximum atomic E-state index is 4.93. The zero-order valence-electron chi connectivity index (χ0n) is 15.6. The maximum Gasteiger partial charge on any atom is 0.204 e. The van der Waals surface area contributed by atoms with Crippen LogP contribution in [0.1, 0.15) is 12.5 Å². The number of anilines is 2. The second-order valence-corrected chi connectivity index (χ2v) is 7.27. The molecule has 4 aromatic rings. The molecule has 5 rings (SSSR count). The van der Waals surface area contributed by atoms with E-state index >= 15 is 0 Å². The van der Waals surface area contributed by atoms with Crippen LogP contribution in [0.15, 0.2) is 54.9 Å². The molecule has 0 amide bonds. The Morgan fingerprint density at radius 1 is 1.00 bits per heavy atom. The largest absolute Gasteiger partial charge is 0.365 e. The fourth-order valence-corrected chi connectivity index (χ4v) is 3.97. The standard InChI is InChI=1S/C21H22N6/c1-15-7-9-17(10-8-15)26-12-11-25(13-16(26)2)20-21-24-22-14-27(21)19-6-4-3-5-18(19)23-20/h3-10,14,16H,11-13H2,1-2H3/t16-/m1/s1. The molecule has 1 aliphatic heterocycles. The maximum absolute atomic E-state index is 4.93. The molecular formula is C21H22N6. The summed E-state index contributed by atoms with van der Waals surface area (Å²) in [7, 11) is 0. The van der Waals surface area contributed by atoms with Gasteiger partial charge in [-0.1, -0.05) is 29.8 Å². The van der Waals surface area contributed by atoms with Gasteiger partial charge in [-0.2, -0.15) is 0 Å². The van der Waals surface area contributed by atoms with E-state index in [9.17, 15) is 0 Å². The Labute approximate surface area is 158 Å². The fourth-order valence-electron chi connectivity index (χ4n) is 3.97. The lowest BCUT2D eigenvalue weighted by Crippen LogP contribution is -2.52. The predicted octanol–water partition coefficient (Wildman–Crippen LogP) is 3.30. The quantitative estimate of drug-likeness (QED) is 0.550. The van der Waals surface area contributed by atoms with Gasteiger partial charge in [0.2, 0.25) is 5.65 Å². The van der Waals surface area contributed by atoms with Crippen LogP contribution in [0.2, 0.25) is 0 Å². The summed E-state index contributed by atoms with van der Waals surface area (Å²) in [5.41, 5.74) is 5.40. The molecule has 0 radical (unpaired) electrons. The number of rotatable bonds is 2. The minimum atomic E-state index is 0.387. The highest BCUT2D eigenvalue weighted by atomic mass is 15.3. The Kier molecular flexibility index (Phi) is 3.70. The van der Waals surface area contributed by atoms with Gasteiger partial charge < -0.3 is 9.80 Å². The van der Waals surface area contributed by atoms with E-state index in [1.54, 1.807) is 6.33 Å². The van der Waals surface area contributed by atoms with Gasteiger partial charge in [0.05, 0.1) is 11.0 Å². The average molecular weight is 358 g/mol. The smallest absolute Gasteiger partial charge is 0.204 e. The summed E-state index contributed by atoms with van der Waals surface area (Å²) in [6.07, 6.45) is 1.77. The molecule has 1 atom stereocenters. The molecule has 2 aromatic heterocycles. The number of aryl methyl sites for hydroxylation is 1. The Balaban J connectivity index is 1.49. The Morgan fingerprint density at radius 3 is 2.63 bits per heavy atom. The molecule has 27 heavy (non-hydrogen) atoms. The van der Waals surface area contributed by atoms with E-state index in [4.69, 9.17) is 4.98 Å². The summed E-state index contributed by atoms with van der Waals surface area (Å²) < 4.78 is 2.04. The van der Waals surface area contributed by atoms with Crippen LogP contribution in [0.4, 0.5) is 11.5 Å². The third-order valence-corrected chi connectivity index (χ3v) is 5.41. The minimum absolute atomic E-state index is 0.387. The SMILES string of the molecule is Cc1ccc(N2CCN(c3nc4ccccc4n4cnnc34)C[C@H]2C)cc1. The van der Waals surface area contributed by atoms with E-state index < -0.39 is 0 Å². The Bertz CT molecular complexity index is 1100. The molecule has 0 unspecified atom stereocenters. The molecule has 0 aliphatic carbocycles. The number of nitrogens with zero attached hydrogens (tertiary/aromatic N) is 6. The van der Waals surface area contributed by atoms with Crippen LogP contribution in [-0.2, 0) is 0 Å². The highest BCUT2D eigenvalue weighted by Crippen LogP contribution is 2.27. The summed E-state index contributed by atoms with van der Waals surface area (Å²) >= 11 is 0. The number of hydrogen-bond acceptors (Lipinski definition) is 5. The number of benzene rings is 2. The van der Waals surface area contributed by atoms with Gasteiger partial charge in [-0.3, -0.25) is 4.40 Å². The summed E-state index contributed by atoms with van der Waals surface area (Å²) in [6.45, 7) is 7.17. The summed E-state index contributed by atoms with van der Waals surface area (Å²) in [5, 5.41) is 8.48. The zero-order valence-corrected chi connectivity index (χ0v) is 15.6. The van der Waals surface area contributed by atoms with Gasteiger partial charge in [0.1, 0.15) is 6.33 Å². The van der Waals surface area contributed by atoms with E-state index in [0.29, 0.717) is 6.04 Å². The molecule has 0 spiro atoms. The molecule has 3 heterocycles. The molecule has 136 valence electrons. The molecule has 0 bridgehead atoms. The number of para-hydroxylation sites is 2. The molecular weight excluding hydrogens is 336 g/mol. The molecule has 1 fully saturated rings. The number of aromatic nitrogens is 4. The van der Waals surface area contributed by atoms with Gasteiger partial charge in [-0.05, 0) is 38.1 Å². The third-order valence-electron chi connectivity index (χ3n) is 5.41. The van der Waals surface area contributed by atoms with Crippen LogP contribution >= 0.6 is 0 Å². The van der Waals surface area contributed by atoms with Crippen molar-refractivity contribution in [3.05, 3.63) is 60.4 Å². The average Bonchev–Trinajstić information content (AvgIpc) is 3.18. The van der Waals surface area contributed by atoms with Crippen molar-refractivity contribution in [2.75, 3.05) is 29.4 Å². The third kappa shape index (κ3) is 2.68. The molecule has 1 aliphatic rings. The van der Waals surface area contributed by atoms with Gasteiger partial charge in [-0.15, -0.1) is 10.2 Å². The van der Waals surface area contributed by atoms with Crippen LogP contribution in [0.25, 0.3) is 16.7 Å². The van der Waals surface area contributed by atoms with Gasteiger partial charge in [0, 0.05) is 31.4 Å². The molecule has 6 heteroatoms. The van der Waals surface area contributed by atoms with E-state index in [1.165, 1.54) is 11.3 Å². The lowest BCUT2D eigenvalue weighted by atomic mass is 10.1. The number of piperazine rings is 1. The van der Waals surface area contributed by atoms with Crippen LogP contribution < -0.4 is 9.80 Å². The molecule has 2 aromatic carbocycles. The lowest BCUT2D eigenvalue weighted by molar-refractivity contribution is 0.548. The number of hydrogen-bond donors (Lipinski definition) is 0. The first-order valence-corrected chi connectivity index (χ1v) is 9.37. The monoisotopic (exact) mass is 358 g/mol. The Morgan fingerprint density at radius 2 is 1.81 bits per heavy atom. The zero-order chi connectivity index (χ0) is 18.4. The van der Waals surface area contributed by atoms with Crippen molar-refractivity contribution >= 4 is 28.2 Å². The van der Waals surface area contributed by atoms with Gasteiger partial charge in [0.25, 0.3) is 0 Å². The molecule has 0 saturated carbocycles. The normalized spacial score (nSPS) is 17.8. The van der Waals surface area contributed by atoms with Gasteiger partial charge in [-0.25, -0.2) is 4.98 Å². The summed E-state index contributed by atoms with van der Waals surface area (Å²) in [6, 6.07) is 17.3. The second kappa shape index (κ2) is 6.23. The van der Waals surface area contributed by atoms with Gasteiger partial charge in [0.15, 0.2) is 5.82 Å². The number of fused-ring (bicyclic) bond motifs is 3. The van der Waals surface area contributed by atoms with Crippen LogP contribution in [0.3, 0.4) is 0 Å². The topological polar surface area (TPSA) is 49.6 Å². The van der Waals surface area contributed by atoms with E-state index in [-0.39, 0.29) is 0 Å². The summed E-state index contributed by atoms with van der Waals surface area (Å²) in [5.74, 6) is 0.918. The van der Waals surface area contributed by atoms with Crippen LogP contribution in [-0.4, -0.2) is 45.3 Å². The van der Waals surface area contributed by atoms with Crippen LogP contribution in [0, 0.1) is 6.92 Å². The highest BCUT2D eigenvalue weighted by molar-refractivity contribution is 5.83. The van der Waals surface area contributed by atoms with E-state index in [2.05, 4.69) is 64.2 Å². The Hall–Kier alpha value is -3.15. The molecule has 1 saturated heterocycles. The van der Waals surface area contributed by atoms with Crippen molar-refractivity contribution < 1.29 is 0 Å². The lowest BCUT2D eigenvalue weighted by Gasteiger charge is -2.41. The molecule has 6 nitrogen and oxygen atoms in total. The molecule has 0 N–H and O–H groups in total. The van der Waals surface area contributed by atoms with E-state index in [1.807, 2.05) is 22.6 Å². The van der Waals surface area contributed by atoms with Crippen molar-refractivity contribution in [3.8, 4) is 0 Å². The first-order chi connectivity index (χ1) is 13.2. The highest BCUT2D eigenvalue weighted by Gasteiger charge is 2.27. The van der Waals surface area contributed by atoms with Gasteiger partial charge >= 0.3 is 0 Å². The summed E-state index contributed by atoms with van der Waals surface area (Å²) in [4.78, 5) is 9.74. The first-order valence-electron chi connectivity index (χ1n) is 9.37. The van der Waals surface area contributed by atoms with Crippen molar-refractivity contribution in [1.29, 1.82) is 0 Å². The minimum Gasteiger partial charge on any atom is -0.365 e. The van der Waals surface area contributed by atoms with Crippen molar-refractivity contribution in [2.24, 2.45) is 0 Å². The first kappa shape index (κ1) is 16.1. The predicted molar refractivity (Wildman–Crippen MR) is 108 cm³/mol. The van der Waals surface area contributed by atoms with Crippen molar-refractivity contribution in [2.45, 2.75) is 19.9 Å². The van der Waals surface area contributed by atoms with Crippen molar-refractivity contribution in [3.63, 3.8) is 0 Å². The van der Waals surface area contributed by atoms with Crippen molar-refractivity contribution in [1.82, 2.24) is 19.6 Å². The van der Waals surface area contributed by atoms with Crippen LogP contribution in [0.5, 0.6) is 0 Å². The van der Waals surface area contributed by atoms with E-state index in [0.717, 1.165) is 42.1 Å². The second-order valence-electron chi connectivity index (χ2n) is 7.27.